The van der Waals surface area contributed by atoms with Crippen molar-refractivity contribution in [3.63, 3.8) is 0 Å². The predicted octanol–water partition coefficient (Wildman–Crippen LogP) is 1.65. The summed E-state index contributed by atoms with van der Waals surface area (Å²) >= 11 is 6.07. The minimum Gasteiger partial charge on any atom is -0.347 e. The van der Waals surface area contributed by atoms with E-state index in [0.29, 0.717) is 17.3 Å². The zero-order chi connectivity index (χ0) is 15.3. The second-order valence-electron chi connectivity index (χ2n) is 4.43. The van der Waals surface area contributed by atoms with Crippen LogP contribution in [-0.2, 0) is 23.1 Å². The summed E-state index contributed by atoms with van der Waals surface area (Å²) in [5.74, 6) is 0. The Morgan fingerprint density at radius 2 is 2.14 bits per heavy atom. The van der Waals surface area contributed by atoms with Crippen LogP contribution in [0.5, 0.6) is 0 Å². The molecule has 1 heterocycles. The number of H-pyrrole nitrogens is 1. The van der Waals surface area contributed by atoms with Gasteiger partial charge in [-0.15, -0.1) is 0 Å². The molecule has 0 aliphatic carbocycles. The normalized spacial score (nSPS) is 11.7. The standard InChI is InChI=1S/C13H17ClN4O2S/c1-2-15-6-10-5-12(3-4-13(10)14)21(19,20)18-8-11-7-16-9-17-11/h3-5,7,9,15,18H,2,6,8H2,1H3,(H,16,17). The zero-order valence-electron chi connectivity index (χ0n) is 11.6. The summed E-state index contributed by atoms with van der Waals surface area (Å²) in [7, 11) is -3.58. The Hall–Kier alpha value is -1.41. The lowest BCUT2D eigenvalue weighted by Gasteiger charge is -2.10. The fraction of sp³-hybridized carbons (Fsp3) is 0.308. The number of benzene rings is 1. The fourth-order valence-corrected chi connectivity index (χ4v) is 2.99. The summed E-state index contributed by atoms with van der Waals surface area (Å²) in [4.78, 5) is 6.87. The van der Waals surface area contributed by atoms with Crippen LogP contribution in [0.3, 0.4) is 0 Å². The number of sulfonamides is 1. The van der Waals surface area contributed by atoms with Gasteiger partial charge in [0, 0.05) is 23.5 Å². The lowest BCUT2D eigenvalue weighted by Crippen LogP contribution is -2.23. The van der Waals surface area contributed by atoms with Crippen LogP contribution in [0.15, 0.2) is 35.6 Å². The third-order valence-corrected chi connectivity index (χ3v) is 4.67. The number of imidazole rings is 1. The molecule has 0 unspecified atom stereocenters. The molecule has 6 nitrogen and oxygen atoms in total. The third-order valence-electron chi connectivity index (χ3n) is 2.90. The average Bonchev–Trinajstić information content (AvgIpc) is 2.97. The Morgan fingerprint density at radius 3 is 2.81 bits per heavy atom. The molecule has 0 amide bonds. The van der Waals surface area contributed by atoms with E-state index in [0.717, 1.165) is 12.1 Å². The largest absolute Gasteiger partial charge is 0.347 e. The van der Waals surface area contributed by atoms with Crippen LogP contribution in [-0.4, -0.2) is 24.9 Å². The smallest absolute Gasteiger partial charge is 0.240 e. The molecule has 21 heavy (non-hydrogen) atoms. The van der Waals surface area contributed by atoms with Crippen LogP contribution >= 0.6 is 11.6 Å². The van der Waals surface area contributed by atoms with E-state index in [-0.39, 0.29) is 11.4 Å². The van der Waals surface area contributed by atoms with Crippen molar-refractivity contribution in [3.8, 4) is 0 Å². The first-order valence-electron chi connectivity index (χ1n) is 6.49. The van der Waals surface area contributed by atoms with Crippen molar-refractivity contribution in [3.05, 3.63) is 47.0 Å². The van der Waals surface area contributed by atoms with Gasteiger partial charge in [0.2, 0.25) is 10.0 Å². The first kappa shape index (κ1) is 16.0. The summed E-state index contributed by atoms with van der Waals surface area (Å²) < 4.78 is 27.0. The summed E-state index contributed by atoms with van der Waals surface area (Å²) in [5.41, 5.74) is 1.45. The Balaban J connectivity index is 2.15. The number of halogens is 1. The molecule has 0 aliphatic heterocycles. The van der Waals surface area contributed by atoms with Crippen molar-refractivity contribution in [1.82, 2.24) is 20.0 Å². The highest BCUT2D eigenvalue weighted by molar-refractivity contribution is 7.89. The molecular formula is C13H17ClN4O2S. The van der Waals surface area contributed by atoms with Crippen LogP contribution in [0.4, 0.5) is 0 Å². The first-order chi connectivity index (χ1) is 10.0. The fourth-order valence-electron chi connectivity index (χ4n) is 1.75. The monoisotopic (exact) mass is 328 g/mol. The molecule has 0 atom stereocenters. The van der Waals surface area contributed by atoms with E-state index < -0.39 is 10.0 Å². The number of hydrogen-bond donors (Lipinski definition) is 3. The predicted molar refractivity (Wildman–Crippen MR) is 81.4 cm³/mol. The lowest BCUT2D eigenvalue weighted by molar-refractivity contribution is 0.580. The third kappa shape index (κ3) is 4.28. The number of hydrogen-bond acceptors (Lipinski definition) is 4. The molecule has 0 bridgehead atoms. The molecule has 3 N–H and O–H groups in total. The van der Waals surface area contributed by atoms with Gasteiger partial charge in [-0.25, -0.2) is 18.1 Å². The summed E-state index contributed by atoms with van der Waals surface area (Å²) in [6, 6.07) is 4.67. The van der Waals surface area contributed by atoms with E-state index in [1.54, 1.807) is 18.3 Å². The number of aromatic amines is 1. The van der Waals surface area contributed by atoms with Crippen molar-refractivity contribution < 1.29 is 8.42 Å². The van der Waals surface area contributed by atoms with Crippen molar-refractivity contribution in [2.45, 2.75) is 24.9 Å². The van der Waals surface area contributed by atoms with Gasteiger partial charge in [-0.05, 0) is 30.3 Å². The van der Waals surface area contributed by atoms with Crippen LogP contribution in [0.25, 0.3) is 0 Å². The maximum absolute atomic E-state index is 12.3. The van der Waals surface area contributed by atoms with Crippen molar-refractivity contribution in [2.24, 2.45) is 0 Å². The molecule has 114 valence electrons. The van der Waals surface area contributed by atoms with Gasteiger partial charge in [-0.1, -0.05) is 18.5 Å². The van der Waals surface area contributed by atoms with E-state index >= 15 is 0 Å². The minimum atomic E-state index is -3.58. The van der Waals surface area contributed by atoms with Gasteiger partial charge in [0.05, 0.1) is 17.8 Å². The van der Waals surface area contributed by atoms with Crippen LogP contribution in [0.1, 0.15) is 18.2 Å². The van der Waals surface area contributed by atoms with Gasteiger partial charge in [-0.2, -0.15) is 0 Å². The molecule has 0 saturated heterocycles. The van der Waals surface area contributed by atoms with E-state index in [2.05, 4.69) is 20.0 Å². The molecular weight excluding hydrogens is 312 g/mol. The van der Waals surface area contributed by atoms with E-state index in [9.17, 15) is 8.42 Å². The van der Waals surface area contributed by atoms with Crippen molar-refractivity contribution in [2.75, 3.05) is 6.54 Å². The summed E-state index contributed by atoms with van der Waals surface area (Å²) in [5, 5.41) is 3.67. The van der Waals surface area contributed by atoms with Gasteiger partial charge in [-0.3, -0.25) is 0 Å². The molecule has 2 rings (SSSR count). The van der Waals surface area contributed by atoms with E-state index in [1.807, 2.05) is 6.92 Å². The highest BCUT2D eigenvalue weighted by Gasteiger charge is 2.15. The number of nitrogens with one attached hydrogen (secondary N) is 3. The Bertz CT molecular complexity index is 686. The Labute approximate surface area is 129 Å². The molecule has 1 aromatic heterocycles. The van der Waals surface area contributed by atoms with Crippen LogP contribution in [0.2, 0.25) is 5.02 Å². The van der Waals surface area contributed by atoms with Gasteiger partial charge >= 0.3 is 0 Å². The van der Waals surface area contributed by atoms with Crippen LogP contribution < -0.4 is 10.0 Å². The van der Waals surface area contributed by atoms with Crippen molar-refractivity contribution >= 4 is 21.6 Å². The molecule has 0 saturated carbocycles. The molecule has 1 aromatic carbocycles. The van der Waals surface area contributed by atoms with Gasteiger partial charge in [0.25, 0.3) is 0 Å². The molecule has 8 heteroatoms. The van der Waals surface area contributed by atoms with Gasteiger partial charge in [0.15, 0.2) is 0 Å². The van der Waals surface area contributed by atoms with E-state index in [4.69, 9.17) is 11.6 Å². The maximum atomic E-state index is 12.3. The van der Waals surface area contributed by atoms with Gasteiger partial charge in [0.1, 0.15) is 0 Å². The molecule has 0 aliphatic rings. The number of aromatic nitrogens is 2. The minimum absolute atomic E-state index is 0.160. The van der Waals surface area contributed by atoms with Crippen molar-refractivity contribution in [1.29, 1.82) is 0 Å². The molecule has 0 spiro atoms. The Morgan fingerprint density at radius 1 is 1.33 bits per heavy atom. The highest BCUT2D eigenvalue weighted by Crippen LogP contribution is 2.20. The molecule has 0 fully saturated rings. The second kappa shape index (κ2) is 7.04. The first-order valence-corrected chi connectivity index (χ1v) is 8.35. The topological polar surface area (TPSA) is 86.9 Å². The molecule has 0 radical (unpaired) electrons. The van der Waals surface area contributed by atoms with Crippen LogP contribution in [0, 0.1) is 0 Å². The second-order valence-corrected chi connectivity index (χ2v) is 6.61. The van der Waals surface area contributed by atoms with Gasteiger partial charge < -0.3 is 10.3 Å². The molecule has 2 aromatic rings. The summed E-state index contributed by atoms with van der Waals surface area (Å²) in [6.07, 6.45) is 3.07. The lowest BCUT2D eigenvalue weighted by atomic mass is 10.2. The zero-order valence-corrected chi connectivity index (χ0v) is 13.1. The maximum Gasteiger partial charge on any atom is 0.240 e. The SMILES string of the molecule is CCNCc1cc(S(=O)(=O)NCc2cnc[nH]2)ccc1Cl. The van der Waals surface area contributed by atoms with E-state index in [1.165, 1.54) is 12.4 Å². The average molecular weight is 329 g/mol. The Kier molecular flexibility index (Phi) is 5.35. The number of rotatable bonds is 7. The number of nitrogens with zero attached hydrogens (tertiary/aromatic N) is 1. The summed E-state index contributed by atoms with van der Waals surface area (Å²) in [6.45, 7) is 3.44. The highest BCUT2D eigenvalue weighted by atomic mass is 35.5. The quantitative estimate of drug-likeness (QED) is 0.721.